The lowest BCUT2D eigenvalue weighted by molar-refractivity contribution is -0.154. The monoisotopic (exact) mass is 262 g/mol. The number of amides is 1. The minimum Gasteiger partial charge on any atom is -0.352 e. The number of carbonyl (C=O) groups is 1. The van der Waals surface area contributed by atoms with Gasteiger partial charge in [-0.2, -0.15) is 13.2 Å². The number of hydrogen-bond acceptors (Lipinski definition) is 2. The van der Waals surface area contributed by atoms with E-state index in [4.69, 9.17) is 5.73 Å². The molecule has 98 valence electrons. The zero-order chi connectivity index (χ0) is 12.1. The molecular weight excluding hydrogens is 245 g/mol. The van der Waals surface area contributed by atoms with Crippen LogP contribution in [0.2, 0.25) is 0 Å². The molecule has 1 amide bonds. The van der Waals surface area contributed by atoms with Gasteiger partial charge in [0.2, 0.25) is 5.91 Å². The molecule has 0 aliphatic heterocycles. The van der Waals surface area contributed by atoms with E-state index in [0.717, 1.165) is 0 Å². The lowest BCUT2D eigenvalue weighted by Gasteiger charge is -2.19. The summed E-state index contributed by atoms with van der Waals surface area (Å²) < 4.78 is 35.5. The SMILES string of the molecule is CC(C)CC(CN)NC(=O)CC(F)(F)F.Cl. The van der Waals surface area contributed by atoms with Gasteiger partial charge < -0.3 is 11.1 Å². The molecule has 0 radical (unpaired) electrons. The van der Waals surface area contributed by atoms with Crippen molar-refractivity contribution in [3.8, 4) is 0 Å². The summed E-state index contributed by atoms with van der Waals surface area (Å²) in [5.74, 6) is -0.733. The van der Waals surface area contributed by atoms with Gasteiger partial charge in [0.05, 0.1) is 0 Å². The Hall–Kier alpha value is -0.490. The van der Waals surface area contributed by atoms with Crippen molar-refractivity contribution in [2.24, 2.45) is 11.7 Å². The fourth-order valence-corrected chi connectivity index (χ4v) is 1.24. The molecule has 1 atom stereocenters. The van der Waals surface area contributed by atoms with Crippen LogP contribution in [0.4, 0.5) is 13.2 Å². The van der Waals surface area contributed by atoms with Gasteiger partial charge in [-0.05, 0) is 12.3 Å². The summed E-state index contributed by atoms with van der Waals surface area (Å²) >= 11 is 0. The van der Waals surface area contributed by atoms with Gasteiger partial charge in [0.25, 0.3) is 0 Å². The fourth-order valence-electron chi connectivity index (χ4n) is 1.24. The molecule has 0 saturated carbocycles. The third-order valence-corrected chi connectivity index (χ3v) is 1.77. The second-order valence-electron chi connectivity index (χ2n) is 3.92. The highest BCUT2D eigenvalue weighted by molar-refractivity contribution is 5.85. The molecule has 1 unspecified atom stereocenters. The van der Waals surface area contributed by atoms with Crippen LogP contribution in [0.15, 0.2) is 0 Å². The van der Waals surface area contributed by atoms with E-state index >= 15 is 0 Å². The van der Waals surface area contributed by atoms with Crippen LogP contribution in [-0.2, 0) is 4.79 Å². The second kappa shape index (κ2) is 7.73. The number of rotatable bonds is 5. The van der Waals surface area contributed by atoms with Crippen LogP contribution >= 0.6 is 12.4 Å². The topological polar surface area (TPSA) is 55.1 Å². The van der Waals surface area contributed by atoms with Gasteiger partial charge in [0, 0.05) is 12.6 Å². The fraction of sp³-hybridized carbons (Fsp3) is 0.889. The Kier molecular flexibility index (Phi) is 8.64. The van der Waals surface area contributed by atoms with E-state index in [9.17, 15) is 18.0 Å². The molecule has 0 aromatic carbocycles. The summed E-state index contributed by atoms with van der Waals surface area (Å²) in [6, 6.07) is -0.375. The van der Waals surface area contributed by atoms with Crippen LogP contribution in [0.25, 0.3) is 0 Å². The van der Waals surface area contributed by atoms with Gasteiger partial charge in [0.15, 0.2) is 0 Å². The molecule has 0 aromatic heterocycles. The quantitative estimate of drug-likeness (QED) is 0.794. The predicted octanol–water partition coefficient (Wildman–Crippen LogP) is 1.85. The lowest BCUT2D eigenvalue weighted by atomic mass is 10.0. The molecule has 0 aliphatic rings. The normalized spacial score (nSPS) is 13.2. The minimum absolute atomic E-state index is 0. The molecule has 3 nitrogen and oxygen atoms in total. The maximum atomic E-state index is 11.8. The molecule has 0 rings (SSSR count). The summed E-state index contributed by atoms with van der Waals surface area (Å²) in [5, 5.41) is 2.27. The van der Waals surface area contributed by atoms with Gasteiger partial charge in [-0.15, -0.1) is 12.4 Å². The molecule has 0 aromatic rings. The molecule has 16 heavy (non-hydrogen) atoms. The number of nitrogens with one attached hydrogen (secondary N) is 1. The van der Waals surface area contributed by atoms with Crippen molar-refractivity contribution in [2.75, 3.05) is 6.54 Å². The van der Waals surface area contributed by atoms with Gasteiger partial charge >= 0.3 is 6.18 Å². The smallest absolute Gasteiger partial charge is 0.352 e. The standard InChI is InChI=1S/C9H17F3N2O.ClH/c1-6(2)3-7(5-13)14-8(15)4-9(10,11)12;/h6-7H,3-5,13H2,1-2H3,(H,14,15);1H. The molecule has 7 heteroatoms. The molecular formula is C9H18ClF3N2O. The van der Waals surface area contributed by atoms with Crippen molar-refractivity contribution in [3.63, 3.8) is 0 Å². The third-order valence-electron chi connectivity index (χ3n) is 1.77. The van der Waals surface area contributed by atoms with Crippen molar-refractivity contribution in [1.82, 2.24) is 5.32 Å². The molecule has 0 fully saturated rings. The average molecular weight is 263 g/mol. The predicted molar refractivity (Wildman–Crippen MR) is 58.4 cm³/mol. The van der Waals surface area contributed by atoms with Crippen molar-refractivity contribution >= 4 is 18.3 Å². The van der Waals surface area contributed by atoms with E-state index in [1.165, 1.54) is 0 Å². The van der Waals surface area contributed by atoms with Crippen LogP contribution in [-0.4, -0.2) is 24.7 Å². The number of hydrogen-bond donors (Lipinski definition) is 2. The van der Waals surface area contributed by atoms with Crippen molar-refractivity contribution in [2.45, 2.75) is 38.9 Å². The van der Waals surface area contributed by atoms with E-state index in [0.29, 0.717) is 6.42 Å². The van der Waals surface area contributed by atoms with Gasteiger partial charge in [0.1, 0.15) is 6.42 Å². The van der Waals surface area contributed by atoms with Gasteiger partial charge in [-0.3, -0.25) is 4.79 Å². The Morgan fingerprint density at radius 3 is 2.19 bits per heavy atom. The highest BCUT2D eigenvalue weighted by atomic mass is 35.5. The minimum atomic E-state index is -4.46. The zero-order valence-electron chi connectivity index (χ0n) is 9.30. The number of carbonyl (C=O) groups excluding carboxylic acids is 1. The Balaban J connectivity index is 0. The Morgan fingerprint density at radius 1 is 1.38 bits per heavy atom. The van der Waals surface area contributed by atoms with Crippen LogP contribution in [0, 0.1) is 5.92 Å². The number of halogens is 4. The Bertz CT molecular complexity index is 209. The molecule has 0 bridgehead atoms. The second-order valence-corrected chi connectivity index (χ2v) is 3.92. The first-order valence-corrected chi connectivity index (χ1v) is 4.80. The molecule has 0 saturated heterocycles. The highest BCUT2D eigenvalue weighted by Gasteiger charge is 2.31. The summed E-state index contributed by atoms with van der Waals surface area (Å²) in [5.41, 5.74) is 5.34. The van der Waals surface area contributed by atoms with Crippen LogP contribution in [0.5, 0.6) is 0 Å². The lowest BCUT2D eigenvalue weighted by Crippen LogP contribution is -2.42. The summed E-state index contributed by atoms with van der Waals surface area (Å²) in [7, 11) is 0. The Morgan fingerprint density at radius 2 is 1.88 bits per heavy atom. The molecule has 0 spiro atoms. The zero-order valence-corrected chi connectivity index (χ0v) is 10.1. The number of nitrogens with two attached hydrogens (primary N) is 1. The molecule has 0 aliphatic carbocycles. The van der Waals surface area contributed by atoms with Crippen molar-refractivity contribution in [1.29, 1.82) is 0 Å². The first kappa shape index (κ1) is 17.9. The van der Waals surface area contributed by atoms with E-state index in [-0.39, 0.29) is 30.9 Å². The molecule has 0 heterocycles. The molecule has 3 N–H and O–H groups in total. The Labute approximate surface area is 99.4 Å². The highest BCUT2D eigenvalue weighted by Crippen LogP contribution is 2.19. The van der Waals surface area contributed by atoms with Crippen molar-refractivity contribution < 1.29 is 18.0 Å². The largest absolute Gasteiger partial charge is 0.397 e. The van der Waals surface area contributed by atoms with Crippen molar-refractivity contribution in [3.05, 3.63) is 0 Å². The van der Waals surface area contributed by atoms with Crippen LogP contribution < -0.4 is 11.1 Å². The average Bonchev–Trinajstić information content (AvgIpc) is 1.98. The summed E-state index contributed by atoms with van der Waals surface area (Å²) in [4.78, 5) is 10.9. The van der Waals surface area contributed by atoms with Gasteiger partial charge in [-0.1, -0.05) is 13.8 Å². The summed E-state index contributed by atoms with van der Waals surface area (Å²) in [6.45, 7) is 3.99. The summed E-state index contributed by atoms with van der Waals surface area (Å²) in [6.07, 6.45) is -5.32. The maximum Gasteiger partial charge on any atom is 0.397 e. The van der Waals surface area contributed by atoms with E-state index < -0.39 is 18.5 Å². The van der Waals surface area contributed by atoms with Crippen LogP contribution in [0.1, 0.15) is 26.7 Å². The van der Waals surface area contributed by atoms with Gasteiger partial charge in [-0.25, -0.2) is 0 Å². The maximum absolute atomic E-state index is 11.8. The van der Waals surface area contributed by atoms with E-state index in [1.54, 1.807) is 0 Å². The third kappa shape index (κ3) is 10.0. The first-order chi connectivity index (χ1) is 6.74. The number of alkyl halides is 3. The van der Waals surface area contributed by atoms with E-state index in [2.05, 4.69) is 5.32 Å². The van der Waals surface area contributed by atoms with E-state index in [1.807, 2.05) is 13.8 Å². The first-order valence-electron chi connectivity index (χ1n) is 4.80. The van der Waals surface area contributed by atoms with Crippen LogP contribution in [0.3, 0.4) is 0 Å².